The maximum absolute atomic E-state index is 6.07. The van der Waals surface area contributed by atoms with E-state index in [0.717, 1.165) is 52.0 Å². The Labute approximate surface area is 164 Å². The first-order valence-corrected chi connectivity index (χ1v) is 9.76. The number of rotatable bonds is 3. The fourth-order valence-electron chi connectivity index (χ4n) is 3.83. The molecular weight excluding hydrogens is 350 g/mol. The zero-order valence-corrected chi connectivity index (χ0v) is 16.8. The van der Waals surface area contributed by atoms with Crippen molar-refractivity contribution in [2.75, 3.05) is 19.8 Å². The van der Waals surface area contributed by atoms with Crippen LogP contribution in [0, 0.1) is 5.41 Å². The van der Waals surface area contributed by atoms with Crippen LogP contribution in [0.25, 0.3) is 27.3 Å². The Balaban J connectivity index is 1.69. The summed E-state index contributed by atoms with van der Waals surface area (Å²) in [6.07, 6.45) is 1.99. The van der Waals surface area contributed by atoms with Crippen molar-refractivity contribution in [2.45, 2.75) is 33.1 Å². The fourth-order valence-corrected chi connectivity index (χ4v) is 3.83. The molecule has 1 aliphatic rings. The van der Waals surface area contributed by atoms with Crippen molar-refractivity contribution >= 4 is 27.3 Å². The summed E-state index contributed by atoms with van der Waals surface area (Å²) in [6.45, 7) is 11.0. The summed E-state index contributed by atoms with van der Waals surface area (Å²) in [5.41, 5.74) is 4.09. The minimum Gasteiger partial charge on any atom is -0.493 e. The lowest BCUT2D eigenvalue weighted by molar-refractivity contribution is -0.120. The molecule has 4 aromatic rings. The van der Waals surface area contributed by atoms with E-state index in [1.54, 1.807) is 0 Å². The molecule has 5 rings (SSSR count). The number of ether oxygens (including phenoxy) is 2. The van der Waals surface area contributed by atoms with Gasteiger partial charge in [0.25, 0.3) is 0 Å². The van der Waals surface area contributed by atoms with Crippen LogP contribution in [-0.2, 0) is 10.2 Å². The van der Waals surface area contributed by atoms with Crippen molar-refractivity contribution in [3.05, 3.63) is 48.3 Å². The zero-order valence-electron chi connectivity index (χ0n) is 16.8. The maximum Gasteiger partial charge on any atom is 0.121 e. The first kappa shape index (κ1) is 17.4. The third-order valence-electron chi connectivity index (χ3n) is 5.43. The average Bonchev–Trinajstić information content (AvgIpc) is 3.02. The maximum atomic E-state index is 6.07. The molecule has 0 amide bonds. The lowest BCUT2D eigenvalue weighted by atomic mass is 9.88. The number of aromatic nitrogens is 3. The standard InChI is InChI=1S/C23H25N3O2/c1-22(2,3)21-19-18-7-5-6-10-26(18)25-20(19)16-9-8-15(11-17(16)24-21)28-14-23(4)12-27-13-23/h5-11H,12-14H2,1-4H3. The summed E-state index contributed by atoms with van der Waals surface area (Å²) >= 11 is 0. The molecule has 1 aliphatic heterocycles. The van der Waals surface area contributed by atoms with E-state index in [-0.39, 0.29) is 10.8 Å². The minimum atomic E-state index is -0.0978. The Morgan fingerprint density at radius 3 is 2.71 bits per heavy atom. The molecule has 1 saturated heterocycles. The summed E-state index contributed by atoms with van der Waals surface area (Å²) in [5.74, 6) is 0.844. The van der Waals surface area contributed by atoms with Crippen LogP contribution < -0.4 is 4.74 Å². The van der Waals surface area contributed by atoms with Gasteiger partial charge in [-0.2, -0.15) is 5.10 Å². The SMILES string of the molecule is CC1(COc2ccc3c(c2)nc(C(C)(C)C)c2c3nn3ccccc23)COC1. The Kier molecular flexibility index (Phi) is 3.68. The van der Waals surface area contributed by atoms with Gasteiger partial charge in [0.2, 0.25) is 0 Å². The van der Waals surface area contributed by atoms with Crippen LogP contribution in [0.3, 0.4) is 0 Å². The molecule has 28 heavy (non-hydrogen) atoms. The molecule has 0 spiro atoms. The van der Waals surface area contributed by atoms with Gasteiger partial charge in [-0.1, -0.05) is 33.8 Å². The Bertz CT molecular complexity index is 1200. The van der Waals surface area contributed by atoms with Crippen LogP contribution in [0.15, 0.2) is 42.6 Å². The van der Waals surface area contributed by atoms with E-state index in [2.05, 4.69) is 45.9 Å². The van der Waals surface area contributed by atoms with Crippen LogP contribution in [0.5, 0.6) is 5.75 Å². The van der Waals surface area contributed by atoms with Crippen molar-refractivity contribution in [1.29, 1.82) is 0 Å². The largest absolute Gasteiger partial charge is 0.493 e. The van der Waals surface area contributed by atoms with Crippen molar-refractivity contribution in [2.24, 2.45) is 5.41 Å². The average molecular weight is 375 g/mol. The van der Waals surface area contributed by atoms with E-state index in [4.69, 9.17) is 19.6 Å². The van der Waals surface area contributed by atoms with Gasteiger partial charge in [-0.15, -0.1) is 0 Å². The quantitative estimate of drug-likeness (QED) is 0.518. The van der Waals surface area contributed by atoms with Crippen LogP contribution in [0.4, 0.5) is 0 Å². The Morgan fingerprint density at radius 2 is 2.00 bits per heavy atom. The van der Waals surface area contributed by atoms with Gasteiger partial charge in [0.15, 0.2) is 0 Å². The molecule has 0 atom stereocenters. The molecule has 144 valence electrons. The molecule has 0 unspecified atom stereocenters. The topological polar surface area (TPSA) is 48.7 Å². The second-order valence-electron chi connectivity index (χ2n) is 9.24. The van der Waals surface area contributed by atoms with Crippen LogP contribution in [0.2, 0.25) is 0 Å². The smallest absolute Gasteiger partial charge is 0.121 e. The molecule has 0 N–H and O–H groups in total. The lowest BCUT2D eigenvalue weighted by Crippen LogP contribution is -2.44. The third-order valence-corrected chi connectivity index (χ3v) is 5.43. The minimum absolute atomic E-state index is 0.0978. The molecule has 1 aromatic carbocycles. The van der Waals surface area contributed by atoms with Crippen molar-refractivity contribution in [1.82, 2.24) is 14.6 Å². The Morgan fingerprint density at radius 1 is 1.18 bits per heavy atom. The number of hydrogen-bond acceptors (Lipinski definition) is 4. The third kappa shape index (κ3) is 2.73. The summed E-state index contributed by atoms with van der Waals surface area (Å²) in [6, 6.07) is 12.3. The number of pyridine rings is 2. The van der Waals surface area contributed by atoms with E-state index in [0.29, 0.717) is 6.61 Å². The highest BCUT2D eigenvalue weighted by molar-refractivity contribution is 6.10. The van der Waals surface area contributed by atoms with Gasteiger partial charge >= 0.3 is 0 Å². The highest BCUT2D eigenvalue weighted by atomic mass is 16.5. The summed E-state index contributed by atoms with van der Waals surface area (Å²) < 4.78 is 13.3. The molecular formula is C23H25N3O2. The number of benzene rings is 1. The predicted octanol–water partition coefficient (Wildman–Crippen LogP) is 4.75. The second kappa shape index (κ2) is 5.92. The summed E-state index contributed by atoms with van der Waals surface area (Å²) in [4.78, 5) is 5.08. The molecule has 0 bridgehead atoms. The van der Waals surface area contributed by atoms with E-state index >= 15 is 0 Å². The van der Waals surface area contributed by atoms with Gasteiger partial charge in [-0.3, -0.25) is 4.98 Å². The molecule has 5 heteroatoms. The molecule has 0 aliphatic carbocycles. The van der Waals surface area contributed by atoms with Gasteiger partial charge in [0.1, 0.15) is 11.3 Å². The first-order valence-electron chi connectivity index (χ1n) is 9.76. The highest BCUT2D eigenvalue weighted by Crippen LogP contribution is 2.36. The second-order valence-corrected chi connectivity index (χ2v) is 9.24. The van der Waals surface area contributed by atoms with Crippen LogP contribution in [0.1, 0.15) is 33.4 Å². The zero-order chi connectivity index (χ0) is 19.5. The highest BCUT2D eigenvalue weighted by Gasteiger charge is 2.34. The molecule has 0 radical (unpaired) electrons. The molecule has 5 nitrogen and oxygen atoms in total. The van der Waals surface area contributed by atoms with E-state index in [1.165, 1.54) is 0 Å². The molecule has 0 saturated carbocycles. The predicted molar refractivity (Wildman–Crippen MR) is 111 cm³/mol. The van der Waals surface area contributed by atoms with Gasteiger partial charge in [0.05, 0.1) is 41.9 Å². The first-order chi connectivity index (χ1) is 13.3. The number of hydrogen-bond donors (Lipinski definition) is 0. The van der Waals surface area contributed by atoms with E-state index in [1.807, 2.05) is 28.9 Å². The lowest BCUT2D eigenvalue weighted by Gasteiger charge is -2.37. The Hall–Kier alpha value is -2.66. The van der Waals surface area contributed by atoms with E-state index < -0.39 is 0 Å². The van der Waals surface area contributed by atoms with Crippen LogP contribution in [-0.4, -0.2) is 34.4 Å². The number of nitrogens with zero attached hydrogens (tertiary/aromatic N) is 3. The monoisotopic (exact) mass is 375 g/mol. The van der Waals surface area contributed by atoms with Crippen molar-refractivity contribution in [3.63, 3.8) is 0 Å². The van der Waals surface area contributed by atoms with Crippen LogP contribution >= 0.6 is 0 Å². The summed E-state index contributed by atoms with van der Waals surface area (Å²) in [7, 11) is 0. The van der Waals surface area contributed by atoms with E-state index in [9.17, 15) is 0 Å². The van der Waals surface area contributed by atoms with Gasteiger partial charge in [-0.25, -0.2) is 4.52 Å². The molecule has 3 aromatic heterocycles. The normalized spacial score (nSPS) is 16.6. The van der Waals surface area contributed by atoms with Crippen molar-refractivity contribution in [3.8, 4) is 5.75 Å². The van der Waals surface area contributed by atoms with Gasteiger partial charge in [0, 0.05) is 28.5 Å². The fraction of sp³-hybridized carbons (Fsp3) is 0.391. The summed E-state index contributed by atoms with van der Waals surface area (Å²) in [5, 5.41) is 7.06. The van der Waals surface area contributed by atoms with Crippen molar-refractivity contribution < 1.29 is 9.47 Å². The molecule has 1 fully saturated rings. The van der Waals surface area contributed by atoms with Gasteiger partial charge in [-0.05, 0) is 24.3 Å². The number of fused-ring (bicyclic) bond motifs is 5. The molecule has 4 heterocycles. The van der Waals surface area contributed by atoms with Gasteiger partial charge < -0.3 is 9.47 Å².